The van der Waals surface area contributed by atoms with Crippen LogP contribution in [0.5, 0.6) is 0 Å². The van der Waals surface area contributed by atoms with Gasteiger partial charge in [0.05, 0.1) is 23.7 Å². The quantitative estimate of drug-likeness (QED) is 0.760. The normalized spacial score (nSPS) is 11.2. The van der Waals surface area contributed by atoms with Gasteiger partial charge in [-0.25, -0.2) is 9.48 Å². The Hall–Kier alpha value is -2.41. The van der Waals surface area contributed by atoms with Gasteiger partial charge >= 0.3 is 6.03 Å². The Bertz CT molecular complexity index is 591. The van der Waals surface area contributed by atoms with E-state index in [0.717, 1.165) is 5.69 Å². The molecular weight excluding hydrogens is 282 g/mol. The number of anilines is 1. The molecule has 0 aliphatic rings. The Kier molecular flexibility index (Phi) is 5.11. The largest absolute Gasteiger partial charge is 0.388 e. The van der Waals surface area contributed by atoms with Gasteiger partial charge in [-0.1, -0.05) is 19.1 Å². The molecule has 0 saturated heterocycles. The van der Waals surface area contributed by atoms with Crippen molar-refractivity contribution in [3.05, 3.63) is 36.7 Å². The van der Waals surface area contributed by atoms with Gasteiger partial charge in [-0.3, -0.25) is 0 Å². The minimum atomic E-state index is -0.853. The van der Waals surface area contributed by atoms with E-state index in [1.54, 1.807) is 29.2 Å². The summed E-state index contributed by atoms with van der Waals surface area (Å²) < 4.78 is 1.63. The number of hydrogen-bond donors (Lipinski definition) is 3. The molecule has 3 N–H and O–H groups in total. The highest BCUT2D eigenvalue weighted by Gasteiger charge is 2.22. The fraction of sp³-hybridized carbons (Fsp3) is 0.400. The van der Waals surface area contributed by atoms with Crippen molar-refractivity contribution in [3.8, 4) is 5.69 Å². The lowest BCUT2D eigenvalue weighted by Gasteiger charge is -2.25. The van der Waals surface area contributed by atoms with Gasteiger partial charge in [-0.05, 0) is 37.1 Å². The van der Waals surface area contributed by atoms with E-state index in [2.05, 4.69) is 20.9 Å². The fourth-order valence-electron chi connectivity index (χ4n) is 1.96. The summed E-state index contributed by atoms with van der Waals surface area (Å²) in [6.45, 7) is 4.01. The number of aromatic nitrogens is 3. The lowest BCUT2D eigenvalue weighted by atomic mass is 9.98. The predicted molar refractivity (Wildman–Crippen MR) is 83.9 cm³/mol. The monoisotopic (exact) mass is 303 g/mol. The Labute approximate surface area is 129 Å². The van der Waals surface area contributed by atoms with Crippen molar-refractivity contribution in [1.29, 1.82) is 0 Å². The number of nitrogens with one attached hydrogen (secondary N) is 2. The van der Waals surface area contributed by atoms with Gasteiger partial charge in [0.15, 0.2) is 0 Å². The van der Waals surface area contributed by atoms with Crippen LogP contribution in [0, 0.1) is 0 Å². The zero-order valence-corrected chi connectivity index (χ0v) is 12.8. The molecule has 22 heavy (non-hydrogen) atoms. The molecule has 0 aliphatic carbocycles. The summed E-state index contributed by atoms with van der Waals surface area (Å²) in [5, 5.41) is 23.2. The zero-order valence-electron chi connectivity index (χ0n) is 12.8. The Balaban J connectivity index is 1.89. The molecule has 1 aromatic carbocycles. The van der Waals surface area contributed by atoms with Crippen molar-refractivity contribution >= 4 is 11.7 Å². The van der Waals surface area contributed by atoms with Crippen molar-refractivity contribution in [3.63, 3.8) is 0 Å². The van der Waals surface area contributed by atoms with Crippen LogP contribution in [-0.4, -0.2) is 38.3 Å². The summed E-state index contributed by atoms with van der Waals surface area (Å²) >= 11 is 0. The van der Waals surface area contributed by atoms with Gasteiger partial charge in [0.1, 0.15) is 0 Å². The van der Waals surface area contributed by atoms with Gasteiger partial charge in [-0.15, -0.1) is 5.10 Å². The van der Waals surface area contributed by atoms with E-state index in [4.69, 9.17) is 0 Å². The molecule has 0 unspecified atom stereocenters. The fourth-order valence-corrected chi connectivity index (χ4v) is 1.96. The van der Waals surface area contributed by atoms with E-state index < -0.39 is 5.60 Å². The summed E-state index contributed by atoms with van der Waals surface area (Å²) in [6, 6.07) is 6.89. The molecule has 2 aromatic rings. The molecule has 0 fully saturated rings. The topological polar surface area (TPSA) is 92.1 Å². The molecule has 0 spiro atoms. The lowest BCUT2D eigenvalue weighted by molar-refractivity contribution is 0.0354. The molecule has 2 rings (SSSR count). The summed E-state index contributed by atoms with van der Waals surface area (Å²) in [4.78, 5) is 11.8. The first-order chi connectivity index (χ1) is 10.6. The lowest BCUT2D eigenvalue weighted by Crippen LogP contribution is -2.43. The highest BCUT2D eigenvalue weighted by molar-refractivity contribution is 5.89. The zero-order chi connectivity index (χ0) is 16.0. The second-order valence-corrected chi connectivity index (χ2v) is 5.13. The van der Waals surface area contributed by atoms with E-state index in [-0.39, 0.29) is 12.6 Å². The van der Waals surface area contributed by atoms with Crippen LogP contribution in [0.15, 0.2) is 36.7 Å². The van der Waals surface area contributed by atoms with Crippen molar-refractivity contribution in [2.24, 2.45) is 0 Å². The number of urea groups is 1. The number of nitrogens with zero attached hydrogens (tertiary/aromatic N) is 3. The smallest absolute Gasteiger partial charge is 0.319 e. The van der Waals surface area contributed by atoms with Crippen LogP contribution in [0.4, 0.5) is 10.5 Å². The third-order valence-electron chi connectivity index (χ3n) is 3.71. The van der Waals surface area contributed by atoms with Gasteiger partial charge in [0.2, 0.25) is 0 Å². The van der Waals surface area contributed by atoms with Crippen LogP contribution in [0.25, 0.3) is 5.69 Å². The predicted octanol–water partition coefficient (Wildman–Crippen LogP) is 1.94. The molecule has 7 heteroatoms. The average Bonchev–Trinajstić information content (AvgIpc) is 3.08. The summed E-state index contributed by atoms with van der Waals surface area (Å²) in [5.74, 6) is 0. The second kappa shape index (κ2) is 7.04. The first-order valence-electron chi connectivity index (χ1n) is 7.30. The molecular formula is C15H21N5O2. The highest BCUT2D eigenvalue weighted by Crippen LogP contribution is 2.14. The van der Waals surface area contributed by atoms with Crippen molar-refractivity contribution in [1.82, 2.24) is 20.3 Å². The Morgan fingerprint density at radius 2 is 1.95 bits per heavy atom. The van der Waals surface area contributed by atoms with Crippen molar-refractivity contribution < 1.29 is 9.90 Å². The first kappa shape index (κ1) is 16.0. The number of benzene rings is 1. The third kappa shape index (κ3) is 4.05. The molecule has 1 aromatic heterocycles. The van der Waals surface area contributed by atoms with Crippen LogP contribution in [-0.2, 0) is 0 Å². The van der Waals surface area contributed by atoms with E-state index in [0.29, 0.717) is 18.5 Å². The molecule has 0 radical (unpaired) electrons. The summed E-state index contributed by atoms with van der Waals surface area (Å²) in [5.41, 5.74) is 0.668. The maximum Gasteiger partial charge on any atom is 0.319 e. The van der Waals surface area contributed by atoms with Crippen LogP contribution in [0.3, 0.4) is 0 Å². The minimum Gasteiger partial charge on any atom is -0.388 e. The van der Waals surface area contributed by atoms with Gasteiger partial charge in [0.25, 0.3) is 0 Å². The second-order valence-electron chi connectivity index (χ2n) is 5.13. The molecule has 7 nitrogen and oxygen atoms in total. The number of carbonyl (C=O) groups excluding carboxylic acids is 1. The number of amides is 2. The standard InChI is InChI=1S/C15H21N5O2/c1-3-15(22,4-2)11-16-14(21)18-12-5-7-13(8-6-12)20-10-9-17-19-20/h5-10,22H,3-4,11H2,1-2H3,(H2,16,18,21). The molecule has 0 bridgehead atoms. The Morgan fingerprint density at radius 1 is 1.27 bits per heavy atom. The number of aliphatic hydroxyl groups is 1. The van der Waals surface area contributed by atoms with Crippen LogP contribution in [0.1, 0.15) is 26.7 Å². The van der Waals surface area contributed by atoms with Gasteiger partial charge in [-0.2, -0.15) is 0 Å². The summed E-state index contributed by atoms with van der Waals surface area (Å²) in [6.07, 6.45) is 4.53. The van der Waals surface area contributed by atoms with E-state index in [1.807, 2.05) is 26.0 Å². The van der Waals surface area contributed by atoms with Crippen molar-refractivity contribution in [2.45, 2.75) is 32.3 Å². The average molecular weight is 303 g/mol. The highest BCUT2D eigenvalue weighted by atomic mass is 16.3. The number of rotatable bonds is 6. The SMILES string of the molecule is CCC(O)(CC)CNC(=O)Nc1ccc(-n2ccnn2)cc1. The maximum absolute atomic E-state index is 11.8. The molecule has 0 aliphatic heterocycles. The van der Waals surface area contributed by atoms with E-state index in [1.165, 1.54) is 0 Å². The van der Waals surface area contributed by atoms with Crippen molar-refractivity contribution in [2.75, 3.05) is 11.9 Å². The van der Waals surface area contributed by atoms with E-state index in [9.17, 15) is 9.90 Å². The molecule has 0 atom stereocenters. The van der Waals surface area contributed by atoms with Crippen LogP contribution < -0.4 is 10.6 Å². The molecule has 2 amide bonds. The van der Waals surface area contributed by atoms with Gasteiger partial charge < -0.3 is 15.7 Å². The Morgan fingerprint density at radius 3 is 2.50 bits per heavy atom. The minimum absolute atomic E-state index is 0.225. The van der Waals surface area contributed by atoms with Gasteiger partial charge in [0, 0.05) is 12.2 Å². The molecule has 118 valence electrons. The number of carbonyl (C=O) groups is 1. The molecule has 1 heterocycles. The van der Waals surface area contributed by atoms with E-state index >= 15 is 0 Å². The van der Waals surface area contributed by atoms with Crippen LogP contribution >= 0.6 is 0 Å². The maximum atomic E-state index is 11.8. The third-order valence-corrected chi connectivity index (χ3v) is 3.71. The molecule has 0 saturated carbocycles. The number of hydrogen-bond acceptors (Lipinski definition) is 4. The summed E-state index contributed by atoms with van der Waals surface area (Å²) in [7, 11) is 0. The first-order valence-corrected chi connectivity index (χ1v) is 7.30. The van der Waals surface area contributed by atoms with Crippen LogP contribution in [0.2, 0.25) is 0 Å².